The number of anilines is 2. The molecule has 23 heavy (non-hydrogen) atoms. The highest BCUT2D eigenvalue weighted by Gasteiger charge is 2.13. The molecule has 118 valence electrons. The number of imidazole rings is 1. The predicted octanol–water partition coefficient (Wildman–Crippen LogP) is 3.24. The van der Waals surface area contributed by atoms with E-state index < -0.39 is 0 Å². The number of rotatable bonds is 4. The molecule has 2 amide bonds. The van der Waals surface area contributed by atoms with E-state index in [1.807, 2.05) is 31.2 Å². The zero-order chi connectivity index (χ0) is 16.2. The quantitative estimate of drug-likeness (QED) is 0.595. The number of aromatic amines is 2. The lowest BCUT2D eigenvalue weighted by molar-refractivity contribution is 0.262. The maximum atomic E-state index is 11.8. The highest BCUT2D eigenvalue weighted by Crippen LogP contribution is 2.25. The summed E-state index contributed by atoms with van der Waals surface area (Å²) in [5.41, 5.74) is 3.97. The van der Waals surface area contributed by atoms with Crippen molar-refractivity contribution in [3.8, 4) is 0 Å². The Labute approximate surface area is 133 Å². The van der Waals surface area contributed by atoms with E-state index in [1.165, 1.54) is 0 Å². The Morgan fingerprint density at radius 1 is 1.17 bits per heavy atom. The van der Waals surface area contributed by atoms with Gasteiger partial charge in [0, 0.05) is 23.4 Å². The van der Waals surface area contributed by atoms with E-state index in [2.05, 4.69) is 37.7 Å². The fraction of sp³-hybridized carbons (Fsp3) is 0.188. The number of nitrogens with one attached hydrogen (secondary N) is 4. The lowest BCUT2D eigenvalue weighted by atomic mass is 9.96. The summed E-state index contributed by atoms with van der Waals surface area (Å²) in [6, 6.07) is 9.11. The summed E-state index contributed by atoms with van der Waals surface area (Å²) >= 11 is 0. The lowest BCUT2D eigenvalue weighted by Gasteiger charge is -2.12. The number of carbonyl (C=O) groups excluding carboxylic acids is 1. The first-order valence-corrected chi connectivity index (χ1v) is 7.30. The fourth-order valence-corrected chi connectivity index (χ4v) is 2.44. The number of urea groups is 1. The summed E-state index contributed by atoms with van der Waals surface area (Å²) in [7, 11) is 0. The topological polar surface area (TPSA) is 98.5 Å². The van der Waals surface area contributed by atoms with Crippen LogP contribution in [0.2, 0.25) is 0 Å². The number of hydrogen-bond donors (Lipinski definition) is 4. The third-order valence-corrected chi connectivity index (χ3v) is 3.72. The maximum Gasteiger partial charge on any atom is 0.324 e. The van der Waals surface area contributed by atoms with Gasteiger partial charge in [0.15, 0.2) is 0 Å². The van der Waals surface area contributed by atoms with Crippen LogP contribution in [0.15, 0.2) is 42.9 Å². The van der Waals surface area contributed by atoms with Crippen LogP contribution in [0.1, 0.15) is 29.8 Å². The third kappa shape index (κ3) is 3.39. The minimum atomic E-state index is -0.320. The monoisotopic (exact) mass is 310 g/mol. The van der Waals surface area contributed by atoms with Gasteiger partial charge in [-0.05, 0) is 24.6 Å². The molecule has 7 nitrogen and oxygen atoms in total. The summed E-state index contributed by atoms with van der Waals surface area (Å²) < 4.78 is 0. The summed E-state index contributed by atoms with van der Waals surface area (Å²) in [4.78, 5) is 19.2. The second-order valence-corrected chi connectivity index (χ2v) is 5.29. The Hall–Kier alpha value is -3.09. The van der Waals surface area contributed by atoms with Crippen LogP contribution >= 0.6 is 0 Å². The van der Waals surface area contributed by atoms with Gasteiger partial charge in [0.1, 0.15) is 5.82 Å². The molecular formula is C16H18N6O. The second-order valence-electron chi connectivity index (χ2n) is 5.29. The van der Waals surface area contributed by atoms with Crippen LogP contribution in [0.5, 0.6) is 0 Å². The molecule has 4 N–H and O–H groups in total. The predicted molar refractivity (Wildman–Crippen MR) is 88.5 cm³/mol. The van der Waals surface area contributed by atoms with Crippen LogP contribution in [0, 0.1) is 6.92 Å². The molecule has 7 heteroatoms. The molecule has 3 aromatic rings. The largest absolute Gasteiger partial charge is 0.348 e. The Bertz CT molecular complexity index is 775. The zero-order valence-corrected chi connectivity index (χ0v) is 12.9. The van der Waals surface area contributed by atoms with Crippen molar-refractivity contribution in [1.82, 2.24) is 20.2 Å². The number of aryl methyl sites for hydroxylation is 1. The van der Waals surface area contributed by atoms with Gasteiger partial charge in [0.25, 0.3) is 0 Å². The van der Waals surface area contributed by atoms with E-state index in [9.17, 15) is 4.79 Å². The van der Waals surface area contributed by atoms with Gasteiger partial charge >= 0.3 is 6.03 Å². The van der Waals surface area contributed by atoms with Gasteiger partial charge in [-0.15, -0.1) is 0 Å². The van der Waals surface area contributed by atoms with E-state index in [0.717, 1.165) is 22.6 Å². The number of H-pyrrole nitrogens is 2. The minimum Gasteiger partial charge on any atom is -0.348 e. The highest BCUT2D eigenvalue weighted by atomic mass is 16.2. The first kappa shape index (κ1) is 14.8. The molecule has 1 atom stereocenters. The van der Waals surface area contributed by atoms with Crippen LogP contribution in [-0.2, 0) is 0 Å². The number of carbonyl (C=O) groups is 1. The summed E-state index contributed by atoms with van der Waals surface area (Å²) in [6.45, 7) is 4.10. The molecule has 0 aliphatic carbocycles. The Morgan fingerprint density at radius 3 is 2.57 bits per heavy atom. The molecular weight excluding hydrogens is 292 g/mol. The van der Waals surface area contributed by atoms with Gasteiger partial charge in [-0.25, -0.2) is 9.78 Å². The SMILES string of the molecule is Cc1nc[nH]c1[C@H](C)c1ccc(NC(=O)Nc2ccn[nH]2)cc1. The number of benzene rings is 1. The normalized spacial score (nSPS) is 11.9. The number of nitrogens with zero attached hydrogens (tertiary/aromatic N) is 2. The zero-order valence-electron chi connectivity index (χ0n) is 12.9. The second kappa shape index (κ2) is 6.35. The molecule has 0 radical (unpaired) electrons. The average molecular weight is 310 g/mol. The van der Waals surface area contributed by atoms with E-state index in [0.29, 0.717) is 5.82 Å². The standard InChI is InChI=1S/C16H18N6O/c1-10(15-11(2)17-9-18-15)12-3-5-13(6-4-12)20-16(23)21-14-7-8-19-22-14/h3-10H,1-2H3,(H,17,18)(H3,19,20,21,22,23)/t10-/m1/s1. The van der Waals surface area contributed by atoms with Crippen LogP contribution in [0.4, 0.5) is 16.3 Å². The summed E-state index contributed by atoms with van der Waals surface area (Å²) in [6.07, 6.45) is 3.28. The van der Waals surface area contributed by atoms with Gasteiger partial charge in [-0.1, -0.05) is 19.1 Å². The molecule has 0 fully saturated rings. The molecule has 3 rings (SSSR count). The first-order chi connectivity index (χ1) is 11.1. The molecule has 0 unspecified atom stereocenters. The van der Waals surface area contributed by atoms with Crippen LogP contribution < -0.4 is 10.6 Å². The number of amides is 2. The van der Waals surface area contributed by atoms with Gasteiger partial charge in [0.05, 0.1) is 18.2 Å². The van der Waals surface area contributed by atoms with E-state index in [-0.39, 0.29) is 11.9 Å². The van der Waals surface area contributed by atoms with E-state index in [1.54, 1.807) is 18.6 Å². The van der Waals surface area contributed by atoms with Gasteiger partial charge < -0.3 is 10.3 Å². The smallest absolute Gasteiger partial charge is 0.324 e. The summed E-state index contributed by atoms with van der Waals surface area (Å²) in [5, 5.41) is 11.9. The van der Waals surface area contributed by atoms with Crippen molar-refractivity contribution in [3.05, 3.63) is 59.8 Å². The van der Waals surface area contributed by atoms with E-state index >= 15 is 0 Å². The van der Waals surface area contributed by atoms with Crippen LogP contribution in [0.25, 0.3) is 0 Å². The van der Waals surface area contributed by atoms with Gasteiger partial charge in [0.2, 0.25) is 0 Å². The maximum absolute atomic E-state index is 11.8. The molecule has 2 aromatic heterocycles. The molecule has 0 bridgehead atoms. The molecule has 0 aliphatic heterocycles. The Morgan fingerprint density at radius 2 is 1.96 bits per heavy atom. The summed E-state index contributed by atoms with van der Waals surface area (Å²) in [5.74, 6) is 0.757. The molecule has 1 aromatic carbocycles. The van der Waals surface area contributed by atoms with Crippen molar-refractivity contribution < 1.29 is 4.79 Å². The fourth-order valence-electron chi connectivity index (χ4n) is 2.44. The van der Waals surface area contributed by atoms with Crippen molar-refractivity contribution >= 4 is 17.5 Å². The number of aromatic nitrogens is 4. The highest BCUT2D eigenvalue weighted by molar-refractivity contribution is 5.99. The van der Waals surface area contributed by atoms with Crippen molar-refractivity contribution in [2.45, 2.75) is 19.8 Å². The first-order valence-electron chi connectivity index (χ1n) is 7.30. The molecule has 2 heterocycles. The average Bonchev–Trinajstić information content (AvgIpc) is 3.19. The van der Waals surface area contributed by atoms with Crippen molar-refractivity contribution in [2.24, 2.45) is 0 Å². The van der Waals surface area contributed by atoms with Gasteiger partial charge in [-0.3, -0.25) is 10.4 Å². The van der Waals surface area contributed by atoms with E-state index in [4.69, 9.17) is 0 Å². The van der Waals surface area contributed by atoms with Crippen molar-refractivity contribution in [3.63, 3.8) is 0 Å². The molecule has 0 spiro atoms. The lowest BCUT2D eigenvalue weighted by Crippen LogP contribution is -2.19. The number of hydrogen-bond acceptors (Lipinski definition) is 3. The van der Waals surface area contributed by atoms with Crippen LogP contribution in [0.3, 0.4) is 0 Å². The minimum absolute atomic E-state index is 0.213. The Balaban J connectivity index is 1.65. The van der Waals surface area contributed by atoms with Crippen LogP contribution in [-0.4, -0.2) is 26.2 Å². The molecule has 0 saturated heterocycles. The molecule has 0 saturated carbocycles. The van der Waals surface area contributed by atoms with Crippen molar-refractivity contribution in [1.29, 1.82) is 0 Å². The third-order valence-electron chi connectivity index (χ3n) is 3.72. The molecule has 0 aliphatic rings. The Kier molecular flexibility index (Phi) is 4.09. The van der Waals surface area contributed by atoms with Crippen molar-refractivity contribution in [2.75, 3.05) is 10.6 Å². The van der Waals surface area contributed by atoms with Gasteiger partial charge in [-0.2, -0.15) is 5.10 Å².